The number of benzene rings is 1. The number of carbonyl (C=O) groups excluding carboxylic acids is 1. The van der Waals surface area contributed by atoms with Crippen LogP contribution in [0.5, 0.6) is 0 Å². The molecule has 0 saturated heterocycles. The second kappa shape index (κ2) is 9.82. The van der Waals surface area contributed by atoms with Crippen molar-refractivity contribution < 1.29 is 18.0 Å². The molecule has 7 heteroatoms. The van der Waals surface area contributed by atoms with Crippen molar-refractivity contribution in [2.75, 3.05) is 17.6 Å². The van der Waals surface area contributed by atoms with Crippen LogP contribution < -0.4 is 11.1 Å². The molecule has 0 heterocycles. The highest BCUT2D eigenvalue weighted by Gasteiger charge is 2.27. The third-order valence-electron chi connectivity index (χ3n) is 3.16. The Kier molecular flexibility index (Phi) is 8.47. The Morgan fingerprint density at radius 2 is 1.91 bits per heavy atom. The van der Waals surface area contributed by atoms with Crippen LogP contribution >= 0.6 is 11.8 Å². The molecule has 0 unspecified atom stereocenters. The first-order chi connectivity index (χ1) is 10.8. The first-order valence-electron chi connectivity index (χ1n) is 7.62. The third kappa shape index (κ3) is 8.86. The fraction of sp³-hybridized carbons (Fsp3) is 0.562. The number of anilines is 1. The number of alkyl halides is 3. The average molecular weight is 348 g/mol. The summed E-state index contributed by atoms with van der Waals surface area (Å²) in [6.45, 7) is 2.48. The van der Waals surface area contributed by atoms with E-state index in [0.717, 1.165) is 31.2 Å². The predicted octanol–water partition coefficient (Wildman–Crippen LogP) is 4.50. The summed E-state index contributed by atoms with van der Waals surface area (Å²) < 4.78 is 37.1. The first-order valence-corrected chi connectivity index (χ1v) is 8.60. The Balaban J connectivity index is 2.56. The van der Waals surface area contributed by atoms with E-state index >= 15 is 0 Å². The fourth-order valence-corrected chi connectivity index (χ4v) is 2.77. The summed E-state index contributed by atoms with van der Waals surface area (Å²) in [6, 6.07) is 5.05. The van der Waals surface area contributed by atoms with Gasteiger partial charge in [-0.3, -0.25) is 4.79 Å². The minimum atomic E-state index is -4.24. The molecule has 0 saturated carbocycles. The van der Waals surface area contributed by atoms with Gasteiger partial charge < -0.3 is 11.1 Å². The molecule has 0 bridgehead atoms. The maximum absolute atomic E-state index is 12.4. The molecule has 130 valence electrons. The summed E-state index contributed by atoms with van der Waals surface area (Å²) in [5.74, 6) is -1.14. The van der Waals surface area contributed by atoms with Crippen molar-refractivity contribution in [2.45, 2.75) is 50.1 Å². The van der Waals surface area contributed by atoms with Crippen molar-refractivity contribution >= 4 is 23.4 Å². The molecule has 0 fully saturated rings. The van der Waals surface area contributed by atoms with Gasteiger partial charge >= 0.3 is 6.18 Å². The quantitative estimate of drug-likeness (QED) is 0.510. The number of rotatable bonds is 9. The second-order valence-corrected chi connectivity index (χ2v) is 6.42. The van der Waals surface area contributed by atoms with Crippen LogP contribution in [0, 0.1) is 6.92 Å². The number of nitrogens with one attached hydrogen (secondary N) is 1. The van der Waals surface area contributed by atoms with E-state index in [9.17, 15) is 18.0 Å². The maximum atomic E-state index is 12.4. The highest BCUT2D eigenvalue weighted by Crippen LogP contribution is 2.33. The van der Waals surface area contributed by atoms with Crippen LogP contribution in [-0.2, 0) is 4.79 Å². The Bertz CT molecular complexity index is 507. The molecule has 0 aromatic heterocycles. The van der Waals surface area contributed by atoms with E-state index in [2.05, 4.69) is 5.32 Å². The zero-order valence-corrected chi connectivity index (χ0v) is 14.0. The van der Waals surface area contributed by atoms with Crippen LogP contribution in [0.1, 0.15) is 37.7 Å². The lowest BCUT2D eigenvalue weighted by atomic mass is 10.1. The van der Waals surface area contributed by atoms with Crippen molar-refractivity contribution in [1.82, 2.24) is 0 Å². The van der Waals surface area contributed by atoms with E-state index < -0.39 is 11.9 Å². The van der Waals surface area contributed by atoms with Crippen molar-refractivity contribution in [3.8, 4) is 0 Å². The fourth-order valence-electron chi connectivity index (χ4n) is 2.02. The minimum Gasteiger partial charge on any atom is -0.330 e. The third-order valence-corrected chi connectivity index (χ3v) is 4.30. The highest BCUT2D eigenvalue weighted by molar-refractivity contribution is 7.99. The molecule has 1 rings (SSSR count). The molecule has 1 aromatic carbocycles. The van der Waals surface area contributed by atoms with Crippen LogP contribution in [0.4, 0.5) is 18.9 Å². The summed E-state index contributed by atoms with van der Waals surface area (Å²) in [5, 5.41) is 2.73. The van der Waals surface area contributed by atoms with Gasteiger partial charge in [-0.05, 0) is 44.0 Å². The molecule has 1 amide bonds. The summed E-state index contributed by atoms with van der Waals surface area (Å²) >= 11 is 0.686. The van der Waals surface area contributed by atoms with E-state index in [1.807, 2.05) is 6.92 Å². The summed E-state index contributed by atoms with van der Waals surface area (Å²) in [4.78, 5) is 12.4. The smallest absolute Gasteiger partial charge is 0.330 e. The van der Waals surface area contributed by atoms with E-state index in [4.69, 9.17) is 5.73 Å². The Hall–Kier alpha value is -1.21. The largest absolute Gasteiger partial charge is 0.398 e. The lowest BCUT2D eigenvalue weighted by Crippen LogP contribution is -2.13. The number of hydrogen-bond acceptors (Lipinski definition) is 3. The van der Waals surface area contributed by atoms with Gasteiger partial charge in [0.25, 0.3) is 0 Å². The van der Waals surface area contributed by atoms with Crippen LogP contribution in [0.25, 0.3) is 0 Å². The minimum absolute atomic E-state index is 0.169. The van der Waals surface area contributed by atoms with Crippen LogP contribution in [0.15, 0.2) is 23.1 Å². The Morgan fingerprint density at radius 1 is 1.22 bits per heavy atom. The molecule has 23 heavy (non-hydrogen) atoms. The topological polar surface area (TPSA) is 55.1 Å². The molecule has 0 radical (unpaired) electrons. The van der Waals surface area contributed by atoms with Gasteiger partial charge in [0.05, 0.1) is 11.4 Å². The van der Waals surface area contributed by atoms with Gasteiger partial charge in [0, 0.05) is 11.3 Å². The van der Waals surface area contributed by atoms with Gasteiger partial charge in [0.15, 0.2) is 0 Å². The number of unbranched alkanes of at least 4 members (excludes halogenated alkanes) is 3. The molecule has 0 aliphatic rings. The molecular weight excluding hydrogens is 325 g/mol. The van der Waals surface area contributed by atoms with Crippen molar-refractivity contribution in [3.63, 3.8) is 0 Å². The number of halogens is 3. The van der Waals surface area contributed by atoms with Gasteiger partial charge in [0.2, 0.25) is 5.91 Å². The van der Waals surface area contributed by atoms with E-state index in [1.165, 1.54) is 0 Å². The number of hydrogen-bond donors (Lipinski definition) is 2. The van der Waals surface area contributed by atoms with Gasteiger partial charge in [0.1, 0.15) is 0 Å². The van der Waals surface area contributed by atoms with Crippen LogP contribution in [0.3, 0.4) is 0 Å². The summed E-state index contributed by atoms with van der Waals surface area (Å²) in [6.07, 6.45) is -0.267. The standard InChI is InChI=1S/C16H23F3N2OS/c1-12-7-8-14(23-11-16(17,18)19)13(10-12)21-15(22)6-4-2-3-5-9-20/h7-8,10H,2-6,9,11,20H2,1H3,(H,21,22). The zero-order chi connectivity index (χ0) is 17.3. The first kappa shape index (κ1) is 19.8. The number of thioether (sulfide) groups is 1. The number of aryl methyl sites for hydroxylation is 1. The van der Waals surface area contributed by atoms with Gasteiger partial charge in [-0.25, -0.2) is 0 Å². The highest BCUT2D eigenvalue weighted by atomic mass is 32.2. The number of carbonyl (C=O) groups is 1. The van der Waals surface area contributed by atoms with Gasteiger partial charge in [-0.1, -0.05) is 18.9 Å². The van der Waals surface area contributed by atoms with Gasteiger partial charge in [-0.15, -0.1) is 11.8 Å². The van der Waals surface area contributed by atoms with Crippen molar-refractivity contribution in [3.05, 3.63) is 23.8 Å². The average Bonchev–Trinajstić information content (AvgIpc) is 2.45. The molecule has 0 aliphatic heterocycles. The molecular formula is C16H23F3N2OS. The van der Waals surface area contributed by atoms with Gasteiger partial charge in [-0.2, -0.15) is 13.2 Å². The van der Waals surface area contributed by atoms with Crippen LogP contribution in [0.2, 0.25) is 0 Å². The van der Waals surface area contributed by atoms with Crippen LogP contribution in [-0.4, -0.2) is 24.4 Å². The second-order valence-electron chi connectivity index (χ2n) is 5.40. The Labute approximate surface area is 139 Å². The lowest BCUT2D eigenvalue weighted by molar-refractivity contribution is -0.116. The van der Waals surface area contributed by atoms with E-state index in [0.29, 0.717) is 35.3 Å². The molecule has 3 nitrogen and oxygen atoms in total. The summed E-state index contributed by atoms with van der Waals surface area (Å²) in [7, 11) is 0. The summed E-state index contributed by atoms with van der Waals surface area (Å²) in [5.41, 5.74) is 6.74. The molecule has 0 spiro atoms. The normalized spacial score (nSPS) is 11.5. The lowest BCUT2D eigenvalue weighted by Gasteiger charge is -2.13. The van der Waals surface area contributed by atoms with E-state index in [1.54, 1.807) is 18.2 Å². The monoisotopic (exact) mass is 348 g/mol. The molecule has 1 aromatic rings. The number of amides is 1. The molecule has 0 aliphatic carbocycles. The van der Waals surface area contributed by atoms with E-state index in [-0.39, 0.29) is 5.91 Å². The SMILES string of the molecule is Cc1ccc(SCC(F)(F)F)c(NC(=O)CCCCCCN)c1. The predicted molar refractivity (Wildman–Crippen MR) is 88.7 cm³/mol. The maximum Gasteiger partial charge on any atom is 0.398 e. The van der Waals surface area contributed by atoms with Crippen molar-refractivity contribution in [2.24, 2.45) is 5.73 Å². The Morgan fingerprint density at radius 3 is 2.57 bits per heavy atom. The molecule has 3 N–H and O–H groups in total. The number of nitrogens with two attached hydrogens (primary N) is 1. The van der Waals surface area contributed by atoms with Crippen molar-refractivity contribution in [1.29, 1.82) is 0 Å². The molecule has 0 atom stereocenters. The zero-order valence-electron chi connectivity index (χ0n) is 13.2.